The van der Waals surface area contributed by atoms with Crippen LogP contribution in [-0.2, 0) is 6.42 Å². The Kier molecular flexibility index (Phi) is 4.03. The van der Waals surface area contributed by atoms with Crippen molar-refractivity contribution in [1.29, 1.82) is 0 Å². The van der Waals surface area contributed by atoms with Crippen molar-refractivity contribution in [3.8, 4) is 5.75 Å². The normalized spacial score (nSPS) is 20.1. The number of hydrogen-bond acceptors (Lipinski definition) is 4. The number of hydrogen-bond donors (Lipinski definition) is 0. The van der Waals surface area contributed by atoms with Crippen molar-refractivity contribution < 1.29 is 9.53 Å². The fraction of sp³-hybridized carbons (Fsp3) is 0.389. The molecule has 3 rings (SSSR count). The molecule has 5 nitrogen and oxygen atoms in total. The van der Waals surface area contributed by atoms with Crippen molar-refractivity contribution in [2.45, 2.75) is 39.3 Å². The van der Waals surface area contributed by atoms with Gasteiger partial charge in [0, 0.05) is 6.04 Å². The largest absolute Gasteiger partial charge is 0.497 e. The summed E-state index contributed by atoms with van der Waals surface area (Å²) >= 11 is 0. The highest BCUT2D eigenvalue weighted by molar-refractivity contribution is 5.94. The third-order valence-electron chi connectivity index (χ3n) is 4.47. The van der Waals surface area contributed by atoms with Crippen LogP contribution in [-0.4, -0.2) is 34.2 Å². The molecule has 0 N–H and O–H groups in total. The summed E-state index contributed by atoms with van der Waals surface area (Å²) in [7, 11) is 1.67. The number of methoxy groups -OCH3 is 1. The van der Waals surface area contributed by atoms with Gasteiger partial charge in [-0.05, 0) is 56.5 Å². The van der Waals surface area contributed by atoms with E-state index in [4.69, 9.17) is 4.74 Å². The van der Waals surface area contributed by atoms with Crippen molar-refractivity contribution in [3.05, 3.63) is 52.8 Å². The Labute approximate surface area is 136 Å². The van der Waals surface area contributed by atoms with Crippen molar-refractivity contribution in [3.63, 3.8) is 0 Å². The lowest BCUT2D eigenvalue weighted by atomic mass is 9.88. The van der Waals surface area contributed by atoms with Crippen molar-refractivity contribution in [1.82, 2.24) is 15.1 Å². The molecule has 1 aromatic heterocycles. The summed E-state index contributed by atoms with van der Waals surface area (Å²) in [6.45, 7) is 5.99. The standard InChI is InChI=1S/C18H21N3O2/c1-11-7-15(10-19-20-11)18(22)21-12(2)8-14-9-16(23-4)5-6-17(14)13(21)3/h5-7,9-10,12-13H,8H2,1-4H3. The molecule has 0 spiro atoms. The second-order valence-electron chi connectivity index (χ2n) is 6.09. The zero-order valence-corrected chi connectivity index (χ0v) is 13.9. The molecule has 0 saturated carbocycles. The molecule has 5 heteroatoms. The van der Waals surface area contributed by atoms with Crippen LogP contribution >= 0.6 is 0 Å². The minimum absolute atomic E-state index is 0.00414. The van der Waals surface area contributed by atoms with Gasteiger partial charge in [-0.3, -0.25) is 4.79 Å². The molecule has 2 unspecified atom stereocenters. The Hall–Kier alpha value is -2.43. The second kappa shape index (κ2) is 5.99. The Morgan fingerprint density at radius 2 is 2.09 bits per heavy atom. The van der Waals surface area contributed by atoms with E-state index in [-0.39, 0.29) is 18.0 Å². The quantitative estimate of drug-likeness (QED) is 0.855. The number of amides is 1. The van der Waals surface area contributed by atoms with Crippen LogP contribution in [0.25, 0.3) is 0 Å². The zero-order chi connectivity index (χ0) is 16.6. The number of aromatic nitrogens is 2. The fourth-order valence-electron chi connectivity index (χ4n) is 3.36. The van der Waals surface area contributed by atoms with Gasteiger partial charge in [-0.1, -0.05) is 6.07 Å². The number of carbonyl (C=O) groups is 1. The summed E-state index contributed by atoms with van der Waals surface area (Å²) < 4.78 is 5.31. The molecular weight excluding hydrogens is 290 g/mol. The summed E-state index contributed by atoms with van der Waals surface area (Å²) in [5, 5.41) is 7.83. The number of carbonyl (C=O) groups excluding carboxylic acids is 1. The van der Waals surface area contributed by atoms with Crippen LogP contribution < -0.4 is 4.74 Å². The Balaban J connectivity index is 1.96. The predicted octanol–water partition coefficient (Wildman–Crippen LogP) is 2.94. The van der Waals surface area contributed by atoms with Gasteiger partial charge in [0.15, 0.2) is 0 Å². The van der Waals surface area contributed by atoms with Gasteiger partial charge in [0.2, 0.25) is 0 Å². The molecule has 1 aliphatic rings. The summed E-state index contributed by atoms with van der Waals surface area (Å²) in [6, 6.07) is 8.00. The zero-order valence-electron chi connectivity index (χ0n) is 13.9. The van der Waals surface area contributed by atoms with Gasteiger partial charge in [0.25, 0.3) is 5.91 Å². The van der Waals surface area contributed by atoms with Crippen LogP contribution in [0, 0.1) is 6.92 Å². The van der Waals surface area contributed by atoms with Gasteiger partial charge in [-0.15, -0.1) is 0 Å². The molecule has 1 aliphatic heterocycles. The number of rotatable bonds is 2. The molecule has 0 saturated heterocycles. The average Bonchev–Trinajstić information content (AvgIpc) is 2.54. The molecule has 120 valence electrons. The maximum absolute atomic E-state index is 12.9. The third-order valence-corrected chi connectivity index (χ3v) is 4.47. The molecule has 2 aromatic rings. The first-order chi connectivity index (χ1) is 11.0. The summed E-state index contributed by atoms with van der Waals surface area (Å²) in [4.78, 5) is 14.9. The van der Waals surface area contributed by atoms with Gasteiger partial charge in [0.1, 0.15) is 5.75 Å². The monoisotopic (exact) mass is 311 g/mol. The highest BCUT2D eigenvalue weighted by Crippen LogP contribution is 2.35. The Morgan fingerprint density at radius 3 is 2.78 bits per heavy atom. The first-order valence-electron chi connectivity index (χ1n) is 7.80. The Bertz CT molecular complexity index is 745. The van der Waals surface area contributed by atoms with E-state index >= 15 is 0 Å². The molecule has 1 aromatic carbocycles. The highest BCUT2D eigenvalue weighted by atomic mass is 16.5. The predicted molar refractivity (Wildman–Crippen MR) is 87.5 cm³/mol. The van der Waals surface area contributed by atoms with Gasteiger partial charge >= 0.3 is 0 Å². The van der Waals surface area contributed by atoms with Crippen LogP contribution in [0.5, 0.6) is 5.75 Å². The molecule has 2 atom stereocenters. The SMILES string of the molecule is COc1ccc2c(c1)CC(C)N(C(=O)c1cnnc(C)c1)C2C. The molecule has 1 amide bonds. The lowest BCUT2D eigenvalue weighted by Gasteiger charge is -2.40. The van der Waals surface area contributed by atoms with Gasteiger partial charge in [0.05, 0.1) is 30.6 Å². The summed E-state index contributed by atoms with van der Waals surface area (Å²) in [5.74, 6) is 0.862. The van der Waals surface area contributed by atoms with Crippen LogP contribution in [0.1, 0.15) is 47.1 Å². The lowest BCUT2D eigenvalue weighted by Crippen LogP contribution is -2.45. The third kappa shape index (κ3) is 2.79. The number of aryl methyl sites for hydroxylation is 1. The van der Waals surface area contributed by atoms with E-state index in [9.17, 15) is 4.79 Å². The highest BCUT2D eigenvalue weighted by Gasteiger charge is 2.33. The smallest absolute Gasteiger partial charge is 0.256 e. The molecule has 2 heterocycles. The number of nitrogens with zero attached hydrogens (tertiary/aromatic N) is 3. The summed E-state index contributed by atoms with van der Waals surface area (Å²) in [6.07, 6.45) is 2.36. The molecular formula is C18H21N3O2. The lowest BCUT2D eigenvalue weighted by molar-refractivity contribution is 0.0579. The second-order valence-corrected chi connectivity index (χ2v) is 6.09. The minimum atomic E-state index is 0.00414. The first kappa shape index (κ1) is 15.5. The molecule has 0 radical (unpaired) electrons. The Morgan fingerprint density at radius 1 is 1.30 bits per heavy atom. The van der Waals surface area contributed by atoms with E-state index in [1.54, 1.807) is 13.2 Å². The average molecular weight is 311 g/mol. The van der Waals surface area contributed by atoms with E-state index in [2.05, 4.69) is 36.2 Å². The molecule has 0 aliphatic carbocycles. The van der Waals surface area contributed by atoms with Gasteiger partial charge in [-0.2, -0.15) is 10.2 Å². The van der Waals surface area contributed by atoms with Crippen LogP contribution in [0.2, 0.25) is 0 Å². The van der Waals surface area contributed by atoms with Gasteiger partial charge < -0.3 is 9.64 Å². The first-order valence-corrected chi connectivity index (χ1v) is 7.80. The molecule has 0 fully saturated rings. The van der Waals surface area contributed by atoms with E-state index < -0.39 is 0 Å². The number of ether oxygens (including phenoxy) is 1. The van der Waals surface area contributed by atoms with Crippen LogP contribution in [0.4, 0.5) is 0 Å². The van der Waals surface area contributed by atoms with E-state index in [1.807, 2.05) is 17.9 Å². The van der Waals surface area contributed by atoms with Crippen molar-refractivity contribution >= 4 is 5.91 Å². The van der Waals surface area contributed by atoms with E-state index in [1.165, 1.54) is 17.3 Å². The minimum Gasteiger partial charge on any atom is -0.497 e. The maximum Gasteiger partial charge on any atom is 0.256 e. The number of benzene rings is 1. The summed E-state index contributed by atoms with van der Waals surface area (Å²) in [5.41, 5.74) is 3.76. The number of fused-ring (bicyclic) bond motifs is 1. The topological polar surface area (TPSA) is 55.3 Å². The van der Waals surface area contributed by atoms with Crippen LogP contribution in [0.3, 0.4) is 0 Å². The maximum atomic E-state index is 12.9. The van der Waals surface area contributed by atoms with Crippen molar-refractivity contribution in [2.75, 3.05) is 7.11 Å². The van der Waals surface area contributed by atoms with E-state index in [0.29, 0.717) is 5.56 Å². The van der Waals surface area contributed by atoms with Crippen LogP contribution in [0.15, 0.2) is 30.5 Å². The molecule has 0 bridgehead atoms. The molecule has 23 heavy (non-hydrogen) atoms. The van der Waals surface area contributed by atoms with E-state index in [0.717, 1.165) is 17.9 Å². The van der Waals surface area contributed by atoms with Crippen molar-refractivity contribution in [2.24, 2.45) is 0 Å². The van der Waals surface area contributed by atoms with Gasteiger partial charge in [-0.25, -0.2) is 0 Å². The fourth-order valence-corrected chi connectivity index (χ4v) is 3.36.